The minimum absolute atomic E-state index is 0. The average Bonchev–Trinajstić information content (AvgIpc) is 0.722. The first-order valence-corrected chi connectivity index (χ1v) is 2.10. The van der Waals surface area contributed by atoms with Gasteiger partial charge >= 0.3 is 47.5 Å². The van der Waals surface area contributed by atoms with Gasteiger partial charge in [0.05, 0.1) is 0 Å². The average molecular weight is 554 g/mol. The predicted molar refractivity (Wildman–Crippen MR) is 14.2 cm³/mol. The molecular weight excluding hydrogens is 552 g/mol. The molecule has 0 aromatic heterocycles. The zero-order valence-electron chi connectivity index (χ0n) is 6.79. The third-order valence-electron chi connectivity index (χ3n) is 0. The summed E-state index contributed by atoms with van der Waals surface area (Å²) < 4.78 is 31.6. The first-order valence-electron chi connectivity index (χ1n) is 0.698. The zero-order valence-corrected chi connectivity index (χ0v) is 18.0. The van der Waals surface area contributed by atoms with Crippen molar-refractivity contribution in [1.82, 2.24) is 0 Å². The van der Waals surface area contributed by atoms with Crippen molar-refractivity contribution in [2.24, 2.45) is 0 Å². The Hall–Kier alpha value is 3.94. The van der Waals surface area contributed by atoms with E-state index < -0.39 is 10.4 Å². The van der Waals surface area contributed by atoms with E-state index in [1.807, 2.05) is 0 Å². The summed E-state index contributed by atoms with van der Waals surface area (Å²) in [7, 11) is -4.67. The van der Waals surface area contributed by atoms with E-state index in [1.54, 1.807) is 0 Å². The number of hydrogen-bond acceptors (Lipinski definition) is 2. The molecule has 0 rings (SSSR count). The van der Waals surface area contributed by atoms with Crippen molar-refractivity contribution in [1.29, 1.82) is 0 Å². The quantitative estimate of drug-likeness (QED) is 0.292. The van der Waals surface area contributed by atoms with E-state index in [4.69, 9.17) is 17.5 Å². The normalized spacial score (nSPS) is 3.41. The summed E-state index contributed by atoms with van der Waals surface area (Å²) in [5, 5.41) is 0. The minimum atomic E-state index is -4.67. The van der Waals surface area contributed by atoms with Crippen LogP contribution < -0.4 is 124 Å². The molecule has 2 N–H and O–H groups in total. The Bertz CT molecular complexity index is 109. The number of hydrogen-bond donors (Lipinski definition) is 2. The van der Waals surface area contributed by atoms with Gasteiger partial charge in [-0.2, -0.15) is 8.42 Å². The Kier molecular flexibility index (Phi) is 563. The van der Waals surface area contributed by atoms with Gasteiger partial charge in [0.1, 0.15) is 0 Å². The second-order valence-electron chi connectivity index (χ2n) is 0.448. The van der Waals surface area contributed by atoms with Crippen LogP contribution in [0.4, 0.5) is 0 Å². The van der Waals surface area contributed by atoms with Crippen LogP contribution in [-0.2, 0) is 47.5 Å². The van der Waals surface area contributed by atoms with Crippen molar-refractivity contribution in [2.45, 2.75) is 0 Å². The van der Waals surface area contributed by atoms with E-state index in [-0.39, 0.29) is 161 Å². The summed E-state index contributed by atoms with van der Waals surface area (Å²) in [6.07, 6.45) is 0. The topological polar surface area (TPSA) is 74.6 Å². The Morgan fingerprint density at radius 2 is 0.471 bits per heavy atom. The summed E-state index contributed by atoms with van der Waals surface area (Å²) in [5.74, 6) is 0. The molecule has 0 spiro atoms. The van der Waals surface area contributed by atoms with E-state index in [9.17, 15) is 0 Å². The molecule has 0 unspecified atom stereocenters. The van der Waals surface area contributed by atoms with Gasteiger partial charge in [-0.1, -0.05) is 0 Å². The van der Waals surface area contributed by atoms with E-state index in [0.717, 1.165) is 0 Å². The third-order valence-corrected chi connectivity index (χ3v) is 0. The molecule has 17 heavy (non-hydrogen) atoms. The van der Waals surface area contributed by atoms with Crippen molar-refractivity contribution in [3.8, 4) is 0 Å². The molecule has 0 amide bonds. The molecule has 0 aromatic rings. The maximum atomic E-state index is 8.74. The van der Waals surface area contributed by atoms with Gasteiger partial charge in [0.2, 0.25) is 0 Å². The summed E-state index contributed by atoms with van der Waals surface area (Å²) in [6, 6.07) is 0. The molecule has 0 aromatic carbocycles. The second kappa shape index (κ2) is 72.4. The van der Waals surface area contributed by atoms with E-state index >= 15 is 0 Å². The fraction of sp³-hybridized carbons (Fsp3) is 0. The SMILES string of the molecule is O=S(=O)(O)O.[Cl-].[Cl-].[Cl-].[Cl-].[Cl-].[Cl-].[Cl-].[Cl-].[Cl-].[Cl-].[V+5].[V+5]. The monoisotopic (exact) mass is 550 g/mol. The van der Waals surface area contributed by atoms with Gasteiger partial charge in [-0.25, -0.2) is 0 Å². The molecule has 112 valence electrons. The van der Waals surface area contributed by atoms with Crippen LogP contribution in [0.5, 0.6) is 0 Å². The first-order chi connectivity index (χ1) is 2.00. The van der Waals surface area contributed by atoms with Crippen LogP contribution >= 0.6 is 0 Å². The minimum Gasteiger partial charge on any atom is -1.00 e. The van der Waals surface area contributed by atoms with E-state index in [1.165, 1.54) is 0 Å². The van der Waals surface area contributed by atoms with Gasteiger partial charge in [-0.05, 0) is 0 Å². The molecule has 0 saturated carbocycles. The van der Waals surface area contributed by atoms with Crippen molar-refractivity contribution < 1.29 is 179 Å². The third kappa shape index (κ3) is 414. The van der Waals surface area contributed by atoms with Gasteiger partial charge in [-0.3, -0.25) is 9.11 Å². The number of rotatable bonds is 0. The van der Waals surface area contributed by atoms with E-state index in [0.29, 0.717) is 0 Å². The van der Waals surface area contributed by atoms with Gasteiger partial charge < -0.3 is 124 Å². The van der Waals surface area contributed by atoms with Crippen molar-refractivity contribution >= 4 is 10.4 Å². The number of halogens is 10. The van der Waals surface area contributed by atoms with Crippen molar-refractivity contribution in [3.63, 3.8) is 0 Å². The van der Waals surface area contributed by atoms with Gasteiger partial charge in [0, 0.05) is 0 Å². The zero-order chi connectivity index (χ0) is 4.50. The van der Waals surface area contributed by atoms with Gasteiger partial charge in [0.25, 0.3) is 0 Å². The Morgan fingerprint density at radius 1 is 0.471 bits per heavy atom. The summed E-state index contributed by atoms with van der Waals surface area (Å²) in [4.78, 5) is 0. The van der Waals surface area contributed by atoms with Gasteiger partial charge in [-0.15, -0.1) is 0 Å². The maximum absolute atomic E-state index is 8.74. The molecule has 0 radical (unpaired) electrons. The largest absolute Gasteiger partial charge is 5.00 e. The molecule has 17 heteroatoms. The molecule has 0 aliphatic heterocycles. The standard InChI is InChI=1S/10ClH.H2O4S.2V/c;;;;;;;;;;1-5(2,3)4;;/h10*1H;(H2,1,2,3,4);;/q;;;;;;;;;;;2*+5/p-10. The fourth-order valence-electron chi connectivity index (χ4n) is 0. The maximum Gasteiger partial charge on any atom is 5.00 e. The Balaban J connectivity index is -0.00000000121. The summed E-state index contributed by atoms with van der Waals surface area (Å²) in [6.45, 7) is 0. The van der Waals surface area contributed by atoms with Crippen LogP contribution in [-0.4, -0.2) is 17.5 Å². The molecule has 0 aliphatic rings. The van der Waals surface area contributed by atoms with Crippen LogP contribution in [0.1, 0.15) is 0 Å². The van der Waals surface area contributed by atoms with Crippen LogP contribution in [0.2, 0.25) is 0 Å². The van der Waals surface area contributed by atoms with E-state index in [2.05, 4.69) is 0 Å². The summed E-state index contributed by atoms with van der Waals surface area (Å²) >= 11 is 0. The van der Waals surface area contributed by atoms with Crippen LogP contribution in [0.15, 0.2) is 0 Å². The summed E-state index contributed by atoms with van der Waals surface area (Å²) in [5.41, 5.74) is 0. The fourth-order valence-corrected chi connectivity index (χ4v) is 0. The first kappa shape index (κ1) is 132. The molecule has 0 bridgehead atoms. The molecule has 0 fully saturated rings. The van der Waals surface area contributed by atoms with Crippen molar-refractivity contribution in [2.75, 3.05) is 0 Å². The van der Waals surface area contributed by atoms with Crippen LogP contribution in [0.25, 0.3) is 0 Å². The second-order valence-corrected chi connectivity index (χ2v) is 1.34. The van der Waals surface area contributed by atoms with Crippen LogP contribution in [0.3, 0.4) is 0 Å². The smallest absolute Gasteiger partial charge is 1.00 e. The van der Waals surface area contributed by atoms with Gasteiger partial charge in [0.15, 0.2) is 0 Å². The van der Waals surface area contributed by atoms with Crippen molar-refractivity contribution in [3.05, 3.63) is 0 Å². The molecule has 0 heterocycles. The molecule has 0 saturated heterocycles. The Labute approximate surface area is 187 Å². The molecule has 0 aliphatic carbocycles. The van der Waals surface area contributed by atoms with Crippen LogP contribution in [0, 0.1) is 0 Å². The molecule has 4 nitrogen and oxygen atoms in total. The molecule has 0 atom stereocenters. The predicted octanol–water partition coefficient (Wildman–Crippen LogP) is -30.6. The Morgan fingerprint density at radius 3 is 0.471 bits per heavy atom. The molecular formula is H2Cl10O4SV2.